The molecule has 0 aromatic rings. The molecule has 0 spiro atoms. The SMILES string of the molecule is O=[C]=[Os](=[C]=O)(=[C]=O)=[C]=O.[CH2-]C.[CH2-]C. The molecule has 5 heteroatoms. The maximum absolute atomic E-state index is 9.69. The van der Waals surface area contributed by atoms with Gasteiger partial charge in [-0.2, -0.15) is 13.8 Å². The van der Waals surface area contributed by atoms with Crippen molar-refractivity contribution < 1.29 is 32.4 Å². The molecule has 0 aliphatic carbocycles. The summed E-state index contributed by atoms with van der Waals surface area (Å²) in [5, 5.41) is 0. The molecule has 4 nitrogen and oxygen atoms in total. The van der Waals surface area contributed by atoms with E-state index in [1.165, 1.54) is 0 Å². The molecule has 0 rings (SSSR count). The Morgan fingerprint density at radius 1 is 0.692 bits per heavy atom. The van der Waals surface area contributed by atoms with E-state index in [4.69, 9.17) is 0 Å². The van der Waals surface area contributed by atoms with Crippen LogP contribution in [0, 0.1) is 13.8 Å². The number of carbonyl (C=O) groups excluding carboxylic acids is 4. The van der Waals surface area contributed by atoms with E-state index in [2.05, 4.69) is 13.8 Å². The summed E-state index contributed by atoms with van der Waals surface area (Å²) in [5.41, 5.74) is 0. The molecular formula is C8H10O4Os-2. The summed E-state index contributed by atoms with van der Waals surface area (Å²) >= 11 is -4.46. The van der Waals surface area contributed by atoms with Gasteiger partial charge in [0, 0.05) is 0 Å². The first-order chi connectivity index (χ1) is 6.24. The maximum atomic E-state index is 9.69. The van der Waals surface area contributed by atoms with Crippen LogP contribution in [0.1, 0.15) is 13.8 Å². The van der Waals surface area contributed by atoms with Crippen LogP contribution in [0.15, 0.2) is 0 Å². The van der Waals surface area contributed by atoms with Crippen molar-refractivity contribution in [1.29, 1.82) is 0 Å². The second-order valence-corrected chi connectivity index (χ2v) is 6.70. The second-order valence-electron chi connectivity index (χ2n) is 0.819. The summed E-state index contributed by atoms with van der Waals surface area (Å²) in [5.74, 6) is 0. The van der Waals surface area contributed by atoms with Crippen LogP contribution in [0.4, 0.5) is 0 Å². The summed E-state index contributed by atoms with van der Waals surface area (Å²) in [7, 11) is 0. The van der Waals surface area contributed by atoms with Gasteiger partial charge < -0.3 is 13.8 Å². The van der Waals surface area contributed by atoms with Crippen molar-refractivity contribution in [3.63, 3.8) is 0 Å². The molecule has 0 aromatic heterocycles. The van der Waals surface area contributed by atoms with Gasteiger partial charge in [0.25, 0.3) is 0 Å². The zero-order valence-electron chi connectivity index (χ0n) is 7.40. The summed E-state index contributed by atoms with van der Waals surface area (Å²) in [6.45, 7) is 10.0. The van der Waals surface area contributed by atoms with Gasteiger partial charge in [-0.25, -0.2) is 0 Å². The fraction of sp³-hybridized carbons (Fsp3) is 0.250. The molecule has 0 bridgehead atoms. The normalized spacial score (nSPS) is 6.46. The van der Waals surface area contributed by atoms with Crippen molar-refractivity contribution >= 4 is 17.7 Å². The topological polar surface area (TPSA) is 68.3 Å². The van der Waals surface area contributed by atoms with Gasteiger partial charge in [-0.1, -0.05) is 0 Å². The number of hydrogen-bond donors (Lipinski definition) is 0. The molecule has 0 aliphatic heterocycles. The Kier molecular flexibility index (Phi) is 18.6. The molecule has 0 fully saturated rings. The molecule has 76 valence electrons. The first-order valence-electron chi connectivity index (χ1n) is 2.94. The molecular weight excluding hydrogens is 350 g/mol. The van der Waals surface area contributed by atoms with E-state index in [1.54, 1.807) is 13.8 Å². The average molecular weight is 360 g/mol. The van der Waals surface area contributed by atoms with Crippen LogP contribution in [0.5, 0.6) is 0 Å². The predicted molar refractivity (Wildman–Crippen MR) is 44.8 cm³/mol. The fourth-order valence-corrected chi connectivity index (χ4v) is 0.723. The third kappa shape index (κ3) is 7.32. The van der Waals surface area contributed by atoms with Gasteiger partial charge in [-0.15, -0.1) is 0 Å². The molecule has 0 aliphatic rings. The smallest absolute Gasteiger partial charge is 0.194 e. The predicted octanol–water partition coefficient (Wildman–Crippen LogP) is 0.0899. The Morgan fingerprint density at radius 3 is 0.846 bits per heavy atom. The summed E-state index contributed by atoms with van der Waals surface area (Å²) < 4.78 is 4.15. The van der Waals surface area contributed by atoms with Gasteiger partial charge in [-0.3, -0.25) is 0 Å². The minimum Gasteiger partial charge on any atom is -0.346 e. The number of rotatable bonds is 0. The van der Waals surface area contributed by atoms with Crippen LogP contribution in [-0.2, 0) is 32.4 Å². The third-order valence-corrected chi connectivity index (χ3v) is 3.54. The minimum absolute atomic E-state index is 1.04. The van der Waals surface area contributed by atoms with E-state index in [9.17, 15) is 19.2 Å². The van der Waals surface area contributed by atoms with Crippen LogP contribution in [0.2, 0.25) is 0 Å². The molecule has 0 radical (unpaired) electrons. The van der Waals surface area contributed by atoms with Gasteiger partial charge in [0.05, 0.1) is 0 Å². The van der Waals surface area contributed by atoms with Crippen LogP contribution in [0.3, 0.4) is 0 Å². The summed E-state index contributed by atoms with van der Waals surface area (Å²) in [4.78, 5) is 38.8. The molecule has 0 atom stereocenters. The zero-order chi connectivity index (χ0) is 11.3. The van der Waals surface area contributed by atoms with Gasteiger partial charge in [0.2, 0.25) is 0 Å². The first kappa shape index (κ1) is 17.9. The average Bonchev–Trinajstić information content (AvgIpc) is 2.28. The first-order valence-corrected chi connectivity index (χ1v) is 8.02. The largest absolute Gasteiger partial charge is 0.346 e. The molecule has 0 unspecified atom stereocenters. The molecule has 0 saturated carbocycles. The van der Waals surface area contributed by atoms with Crippen LogP contribution >= 0.6 is 0 Å². The third-order valence-electron chi connectivity index (χ3n) is 0.433. The summed E-state index contributed by atoms with van der Waals surface area (Å²) in [6, 6.07) is 0. The Labute approximate surface area is 78.2 Å². The van der Waals surface area contributed by atoms with E-state index < -0.39 is 13.2 Å². The summed E-state index contributed by atoms with van der Waals surface area (Å²) in [6.07, 6.45) is 0. The van der Waals surface area contributed by atoms with E-state index in [-0.39, 0.29) is 0 Å². The molecule has 0 aromatic carbocycles. The molecule has 0 saturated heterocycles. The Balaban J connectivity index is -0.000000218. The van der Waals surface area contributed by atoms with Gasteiger partial charge in [-0.05, 0) is 0 Å². The molecule has 0 amide bonds. The molecule has 0 heterocycles. The Hall–Kier alpha value is -1.04. The van der Waals surface area contributed by atoms with Gasteiger partial charge in [0.15, 0.2) is 0 Å². The van der Waals surface area contributed by atoms with Crippen LogP contribution in [-0.4, -0.2) is 17.7 Å². The maximum Gasteiger partial charge on any atom is -0.194 e. The van der Waals surface area contributed by atoms with Gasteiger partial charge >= 0.3 is 50.1 Å². The van der Waals surface area contributed by atoms with Gasteiger partial charge in [0.1, 0.15) is 0 Å². The second kappa shape index (κ2) is 13.5. The van der Waals surface area contributed by atoms with Crippen molar-refractivity contribution in [2.45, 2.75) is 13.8 Å². The van der Waals surface area contributed by atoms with Crippen LogP contribution in [0.25, 0.3) is 0 Å². The van der Waals surface area contributed by atoms with E-state index in [1.807, 2.05) is 0 Å². The van der Waals surface area contributed by atoms with Crippen molar-refractivity contribution in [2.75, 3.05) is 0 Å². The molecule has 0 N–H and O–H groups in total. The van der Waals surface area contributed by atoms with Crippen molar-refractivity contribution in [3.05, 3.63) is 13.8 Å². The van der Waals surface area contributed by atoms with Crippen molar-refractivity contribution in [1.82, 2.24) is 0 Å². The van der Waals surface area contributed by atoms with E-state index >= 15 is 0 Å². The quantitative estimate of drug-likeness (QED) is 0.574. The Bertz CT molecular complexity index is 362. The minimum atomic E-state index is -4.46. The van der Waals surface area contributed by atoms with E-state index in [0.717, 1.165) is 17.7 Å². The van der Waals surface area contributed by atoms with Crippen molar-refractivity contribution in [3.8, 4) is 0 Å². The monoisotopic (exact) mass is 362 g/mol. The molecule has 13 heavy (non-hydrogen) atoms. The fourth-order valence-electron chi connectivity index (χ4n) is 0.0884. The van der Waals surface area contributed by atoms with E-state index in [0.29, 0.717) is 0 Å². The zero-order valence-corrected chi connectivity index (χ0v) is 9.94. The number of hydrogen-bond acceptors (Lipinski definition) is 4. The van der Waals surface area contributed by atoms with Crippen LogP contribution < -0.4 is 0 Å². The standard InChI is InChI=1S/2C2H5.4CO.Os/c6*1-2;/h2*1H2,2H3;;;;;/q2*-1;;;;;. The van der Waals surface area contributed by atoms with Crippen molar-refractivity contribution in [2.24, 2.45) is 0 Å². The Morgan fingerprint density at radius 2 is 0.846 bits per heavy atom.